The molecule has 0 aliphatic heterocycles. The Labute approximate surface area is 114 Å². The first-order valence-electron chi connectivity index (χ1n) is 5.86. The first kappa shape index (κ1) is 15.3. The van der Waals surface area contributed by atoms with Gasteiger partial charge in [0.2, 0.25) is 10.0 Å². The van der Waals surface area contributed by atoms with Crippen LogP contribution in [0, 0.1) is 0 Å². The molecule has 1 atom stereocenters. The number of hydrogen-bond acceptors (Lipinski definition) is 4. The van der Waals surface area contributed by atoms with Crippen molar-refractivity contribution in [3.8, 4) is 0 Å². The smallest absolute Gasteiger partial charge is 0.242 e. The summed E-state index contributed by atoms with van der Waals surface area (Å²) in [4.78, 5) is 0.306. The number of thioether (sulfide) groups is 1. The molecule has 1 aromatic rings. The van der Waals surface area contributed by atoms with Crippen LogP contribution in [0.4, 0.5) is 5.69 Å². The highest BCUT2D eigenvalue weighted by molar-refractivity contribution is 7.99. The molecule has 0 aliphatic carbocycles. The molecule has 1 rings (SSSR count). The number of hydrogen-bond donors (Lipinski definition) is 2. The van der Waals surface area contributed by atoms with Crippen molar-refractivity contribution in [2.24, 2.45) is 0 Å². The molecule has 4 nitrogen and oxygen atoms in total. The fourth-order valence-electron chi connectivity index (χ4n) is 1.43. The van der Waals surface area contributed by atoms with Crippen LogP contribution in [0.15, 0.2) is 29.2 Å². The molecule has 1 aromatic carbocycles. The molecule has 0 amide bonds. The fourth-order valence-corrected chi connectivity index (χ4v) is 3.09. The van der Waals surface area contributed by atoms with E-state index in [9.17, 15) is 8.42 Å². The number of rotatable bonds is 7. The standard InChI is InChI=1S/C12H20N2O2S2/c1-4-13-11-7-5-6-8-12(11)18(15,16)14-9-10(2)17-3/h5-8,10,13-14H,4,9H2,1-3H3. The maximum Gasteiger partial charge on any atom is 0.242 e. The number of nitrogens with one attached hydrogen (secondary N) is 2. The van der Waals surface area contributed by atoms with Gasteiger partial charge < -0.3 is 5.32 Å². The van der Waals surface area contributed by atoms with Crippen LogP contribution in [0.3, 0.4) is 0 Å². The average Bonchev–Trinajstić information content (AvgIpc) is 2.37. The second-order valence-electron chi connectivity index (χ2n) is 3.92. The van der Waals surface area contributed by atoms with Gasteiger partial charge in [0.25, 0.3) is 0 Å². The van der Waals surface area contributed by atoms with E-state index >= 15 is 0 Å². The predicted molar refractivity (Wildman–Crippen MR) is 78.8 cm³/mol. The number of anilines is 1. The second-order valence-corrected chi connectivity index (χ2v) is 6.94. The van der Waals surface area contributed by atoms with Gasteiger partial charge in [-0.15, -0.1) is 0 Å². The van der Waals surface area contributed by atoms with Gasteiger partial charge in [0.15, 0.2) is 0 Å². The van der Waals surface area contributed by atoms with E-state index in [0.29, 0.717) is 23.7 Å². The second kappa shape index (κ2) is 7.01. The maximum atomic E-state index is 12.2. The zero-order chi connectivity index (χ0) is 13.6. The molecule has 0 saturated carbocycles. The minimum atomic E-state index is -3.44. The topological polar surface area (TPSA) is 58.2 Å². The van der Waals surface area contributed by atoms with Crippen LogP contribution in [0.2, 0.25) is 0 Å². The van der Waals surface area contributed by atoms with Crippen molar-refractivity contribution in [1.29, 1.82) is 0 Å². The summed E-state index contributed by atoms with van der Waals surface area (Å²) in [5.74, 6) is 0. The SMILES string of the molecule is CCNc1ccccc1S(=O)(=O)NCC(C)SC. The van der Waals surface area contributed by atoms with Crippen molar-refractivity contribution in [3.05, 3.63) is 24.3 Å². The van der Waals surface area contributed by atoms with Crippen molar-refractivity contribution in [2.75, 3.05) is 24.7 Å². The quantitative estimate of drug-likeness (QED) is 0.807. The average molecular weight is 288 g/mol. The molecule has 0 aromatic heterocycles. The molecule has 0 aliphatic rings. The summed E-state index contributed by atoms with van der Waals surface area (Å²) in [6, 6.07) is 6.94. The van der Waals surface area contributed by atoms with Crippen LogP contribution < -0.4 is 10.0 Å². The van der Waals surface area contributed by atoms with E-state index in [2.05, 4.69) is 10.0 Å². The van der Waals surface area contributed by atoms with E-state index in [1.165, 1.54) is 0 Å². The molecular weight excluding hydrogens is 268 g/mol. The van der Waals surface area contributed by atoms with Gasteiger partial charge in [-0.3, -0.25) is 0 Å². The highest BCUT2D eigenvalue weighted by Crippen LogP contribution is 2.20. The van der Waals surface area contributed by atoms with Gasteiger partial charge in [0.1, 0.15) is 4.90 Å². The summed E-state index contributed by atoms with van der Waals surface area (Å²) >= 11 is 1.63. The van der Waals surface area contributed by atoms with E-state index in [0.717, 1.165) is 0 Å². The van der Waals surface area contributed by atoms with Crippen LogP contribution in [0.1, 0.15) is 13.8 Å². The summed E-state index contributed by atoms with van der Waals surface area (Å²) in [7, 11) is -3.44. The van der Waals surface area contributed by atoms with E-state index in [1.54, 1.807) is 30.0 Å². The van der Waals surface area contributed by atoms with Gasteiger partial charge in [-0.1, -0.05) is 19.1 Å². The minimum Gasteiger partial charge on any atom is -0.384 e. The highest BCUT2D eigenvalue weighted by atomic mass is 32.2. The van der Waals surface area contributed by atoms with E-state index in [4.69, 9.17) is 0 Å². The first-order valence-corrected chi connectivity index (χ1v) is 8.63. The molecule has 102 valence electrons. The third-order valence-corrected chi connectivity index (χ3v) is 4.96. The van der Waals surface area contributed by atoms with Crippen LogP contribution in [0.5, 0.6) is 0 Å². The van der Waals surface area contributed by atoms with Gasteiger partial charge in [-0.05, 0) is 25.3 Å². The Morgan fingerprint density at radius 1 is 1.33 bits per heavy atom. The van der Waals surface area contributed by atoms with Gasteiger partial charge in [0.05, 0.1) is 5.69 Å². The normalized spacial score (nSPS) is 13.3. The maximum absolute atomic E-state index is 12.2. The number of benzene rings is 1. The van der Waals surface area contributed by atoms with Crippen molar-refractivity contribution < 1.29 is 8.42 Å². The summed E-state index contributed by atoms with van der Waals surface area (Å²) in [5, 5.41) is 3.32. The molecule has 0 radical (unpaired) electrons. The Balaban J connectivity index is 2.90. The van der Waals surface area contributed by atoms with E-state index in [1.807, 2.05) is 26.2 Å². The Morgan fingerprint density at radius 3 is 2.61 bits per heavy atom. The molecule has 0 heterocycles. The Bertz CT molecular complexity index is 475. The van der Waals surface area contributed by atoms with Crippen LogP contribution in [-0.2, 0) is 10.0 Å². The van der Waals surface area contributed by atoms with Crippen molar-refractivity contribution >= 4 is 27.5 Å². The van der Waals surface area contributed by atoms with Gasteiger partial charge in [0, 0.05) is 18.3 Å². The zero-order valence-electron chi connectivity index (χ0n) is 10.9. The molecule has 6 heteroatoms. The van der Waals surface area contributed by atoms with Crippen LogP contribution >= 0.6 is 11.8 Å². The van der Waals surface area contributed by atoms with Gasteiger partial charge in [-0.2, -0.15) is 11.8 Å². The van der Waals surface area contributed by atoms with Crippen molar-refractivity contribution in [2.45, 2.75) is 24.0 Å². The third kappa shape index (κ3) is 4.19. The van der Waals surface area contributed by atoms with E-state index < -0.39 is 10.0 Å². The lowest BCUT2D eigenvalue weighted by Gasteiger charge is -2.14. The largest absolute Gasteiger partial charge is 0.384 e. The van der Waals surface area contributed by atoms with E-state index in [-0.39, 0.29) is 5.25 Å². The van der Waals surface area contributed by atoms with Crippen LogP contribution in [-0.4, -0.2) is 33.0 Å². The Hall–Kier alpha value is -0.720. The van der Waals surface area contributed by atoms with Crippen molar-refractivity contribution in [1.82, 2.24) is 4.72 Å². The Kier molecular flexibility index (Phi) is 5.98. The van der Waals surface area contributed by atoms with Crippen molar-refractivity contribution in [3.63, 3.8) is 0 Å². The summed E-state index contributed by atoms with van der Waals surface area (Å²) in [5.41, 5.74) is 0.643. The minimum absolute atomic E-state index is 0.256. The summed E-state index contributed by atoms with van der Waals surface area (Å²) in [6.45, 7) is 5.05. The lowest BCUT2D eigenvalue weighted by Crippen LogP contribution is -2.30. The molecule has 18 heavy (non-hydrogen) atoms. The molecule has 0 fully saturated rings. The molecule has 1 unspecified atom stereocenters. The molecular formula is C12H20N2O2S2. The summed E-state index contributed by atoms with van der Waals surface area (Å²) in [6.07, 6.45) is 1.96. The lowest BCUT2D eigenvalue weighted by atomic mass is 10.3. The number of sulfonamides is 1. The van der Waals surface area contributed by atoms with Gasteiger partial charge >= 0.3 is 0 Å². The Morgan fingerprint density at radius 2 is 2.00 bits per heavy atom. The molecule has 0 saturated heterocycles. The summed E-state index contributed by atoms with van der Waals surface area (Å²) < 4.78 is 27.0. The third-order valence-electron chi connectivity index (χ3n) is 2.51. The lowest BCUT2D eigenvalue weighted by molar-refractivity contribution is 0.582. The van der Waals surface area contributed by atoms with Gasteiger partial charge in [-0.25, -0.2) is 13.1 Å². The molecule has 0 bridgehead atoms. The predicted octanol–water partition coefficient (Wildman–Crippen LogP) is 2.15. The molecule has 0 spiro atoms. The molecule has 2 N–H and O–H groups in total. The highest BCUT2D eigenvalue weighted by Gasteiger charge is 2.18. The van der Waals surface area contributed by atoms with Crippen LogP contribution in [0.25, 0.3) is 0 Å². The number of para-hydroxylation sites is 1. The first-order chi connectivity index (χ1) is 8.51. The zero-order valence-corrected chi connectivity index (χ0v) is 12.6. The fraction of sp³-hybridized carbons (Fsp3) is 0.500. The monoisotopic (exact) mass is 288 g/mol.